The molecule has 1 aliphatic heterocycles. The number of sulfonamides is 1. The van der Waals surface area contributed by atoms with Gasteiger partial charge in [-0.3, -0.25) is 9.59 Å². The number of carbonyl (C=O) groups excluding carboxylic acids is 2. The Morgan fingerprint density at radius 1 is 1.26 bits per heavy atom. The Balaban J connectivity index is 1.79. The molecule has 1 aliphatic rings. The van der Waals surface area contributed by atoms with Crippen molar-refractivity contribution < 1.29 is 18.0 Å². The van der Waals surface area contributed by atoms with E-state index in [1.54, 1.807) is 17.0 Å². The fourth-order valence-electron chi connectivity index (χ4n) is 2.97. The highest BCUT2D eigenvalue weighted by Crippen LogP contribution is 2.17. The molecule has 0 aliphatic carbocycles. The highest BCUT2D eigenvalue weighted by atomic mass is 32.2. The van der Waals surface area contributed by atoms with Gasteiger partial charge in [0.2, 0.25) is 21.8 Å². The average Bonchev–Trinajstić information content (AvgIpc) is 2.67. The van der Waals surface area contributed by atoms with Crippen molar-refractivity contribution in [1.82, 2.24) is 14.9 Å². The number of benzene rings is 1. The molecule has 1 atom stereocenters. The van der Waals surface area contributed by atoms with Gasteiger partial charge in [-0.05, 0) is 31.4 Å². The first-order valence-corrected chi connectivity index (χ1v) is 10.7. The van der Waals surface area contributed by atoms with Crippen LogP contribution < -0.4 is 10.0 Å². The smallest absolute Gasteiger partial charge is 0.233 e. The van der Waals surface area contributed by atoms with E-state index in [1.165, 1.54) is 6.08 Å². The molecule has 0 radical (unpaired) electrons. The van der Waals surface area contributed by atoms with E-state index < -0.39 is 10.0 Å². The lowest BCUT2D eigenvalue weighted by Crippen LogP contribution is -2.46. The summed E-state index contributed by atoms with van der Waals surface area (Å²) < 4.78 is 26.4. The topological polar surface area (TPSA) is 95.6 Å². The predicted molar refractivity (Wildman–Crippen MR) is 105 cm³/mol. The maximum absolute atomic E-state index is 12.3. The van der Waals surface area contributed by atoms with Crippen LogP contribution in [0.2, 0.25) is 0 Å². The summed E-state index contributed by atoms with van der Waals surface area (Å²) in [5.74, 6) is -0.353. The Labute approximate surface area is 160 Å². The highest BCUT2D eigenvalue weighted by molar-refractivity contribution is 7.92. The highest BCUT2D eigenvalue weighted by Gasteiger charge is 2.27. The van der Waals surface area contributed by atoms with E-state index in [4.69, 9.17) is 0 Å². The number of nitrogens with zero attached hydrogens (tertiary/aromatic N) is 1. The van der Waals surface area contributed by atoms with E-state index in [0.717, 1.165) is 23.8 Å². The summed E-state index contributed by atoms with van der Waals surface area (Å²) in [5.41, 5.74) is 0.781. The summed E-state index contributed by atoms with van der Waals surface area (Å²) in [5, 5.41) is 3.89. The summed E-state index contributed by atoms with van der Waals surface area (Å²) in [6, 6.07) is 9.11. The maximum Gasteiger partial charge on any atom is 0.233 e. The summed E-state index contributed by atoms with van der Waals surface area (Å²) >= 11 is 0. The van der Waals surface area contributed by atoms with Crippen LogP contribution in [0, 0.1) is 5.92 Å². The molecule has 0 aromatic heterocycles. The zero-order chi connectivity index (χ0) is 19.7. The predicted octanol–water partition coefficient (Wildman–Crippen LogP) is 1.34. The zero-order valence-corrected chi connectivity index (χ0v) is 16.4. The van der Waals surface area contributed by atoms with Crippen molar-refractivity contribution in [3.8, 4) is 0 Å². The molecule has 1 aromatic rings. The lowest BCUT2D eigenvalue weighted by molar-refractivity contribution is -0.135. The lowest BCUT2D eigenvalue weighted by Gasteiger charge is -2.32. The van der Waals surface area contributed by atoms with Gasteiger partial charge in [-0.2, -0.15) is 0 Å². The van der Waals surface area contributed by atoms with Crippen LogP contribution in [0.25, 0.3) is 6.08 Å². The lowest BCUT2D eigenvalue weighted by atomic mass is 9.97. The van der Waals surface area contributed by atoms with Gasteiger partial charge in [0.05, 0.1) is 5.92 Å². The number of hydrogen-bond donors (Lipinski definition) is 2. The van der Waals surface area contributed by atoms with Crippen molar-refractivity contribution in [3.05, 3.63) is 41.3 Å². The van der Waals surface area contributed by atoms with E-state index in [1.807, 2.05) is 25.1 Å². The third-order valence-corrected chi connectivity index (χ3v) is 5.48. The van der Waals surface area contributed by atoms with Crippen LogP contribution in [0.3, 0.4) is 0 Å². The van der Waals surface area contributed by atoms with Gasteiger partial charge in [0.25, 0.3) is 0 Å². The molecule has 2 N–H and O–H groups in total. The molecule has 0 bridgehead atoms. The Morgan fingerprint density at radius 3 is 2.70 bits per heavy atom. The Morgan fingerprint density at radius 2 is 2.00 bits per heavy atom. The van der Waals surface area contributed by atoms with Gasteiger partial charge in [0.1, 0.15) is 0 Å². The number of hydrogen-bond acceptors (Lipinski definition) is 4. The molecule has 0 saturated carbocycles. The van der Waals surface area contributed by atoms with E-state index in [-0.39, 0.29) is 30.7 Å². The van der Waals surface area contributed by atoms with Crippen LogP contribution in [-0.2, 0) is 19.6 Å². The second kappa shape index (κ2) is 10.2. The number of amides is 2. The Bertz CT molecular complexity index is 762. The first-order valence-electron chi connectivity index (χ1n) is 9.19. The number of carbonyl (C=O) groups is 2. The molecule has 148 valence electrons. The average molecular weight is 394 g/mol. The van der Waals surface area contributed by atoms with Crippen LogP contribution in [0.5, 0.6) is 0 Å². The van der Waals surface area contributed by atoms with Gasteiger partial charge in [-0.15, -0.1) is 0 Å². The van der Waals surface area contributed by atoms with Gasteiger partial charge < -0.3 is 10.2 Å². The summed E-state index contributed by atoms with van der Waals surface area (Å²) in [7, 11) is -3.60. The van der Waals surface area contributed by atoms with Crippen LogP contribution in [0.1, 0.15) is 31.7 Å². The molecule has 0 spiro atoms. The molecule has 1 saturated heterocycles. The largest absolute Gasteiger partial charge is 0.356 e. The van der Waals surface area contributed by atoms with Gasteiger partial charge >= 0.3 is 0 Å². The third kappa shape index (κ3) is 7.15. The zero-order valence-electron chi connectivity index (χ0n) is 15.6. The number of rotatable bonds is 8. The molecule has 27 heavy (non-hydrogen) atoms. The Kier molecular flexibility index (Phi) is 7.99. The number of piperidine rings is 1. The molecular formula is C19H27N3O4S. The molecule has 1 unspecified atom stereocenters. The van der Waals surface area contributed by atoms with Gasteiger partial charge in [0.15, 0.2) is 0 Å². The van der Waals surface area contributed by atoms with Crippen LogP contribution in [0.15, 0.2) is 35.7 Å². The third-order valence-electron chi connectivity index (χ3n) is 4.38. The van der Waals surface area contributed by atoms with Crippen molar-refractivity contribution in [1.29, 1.82) is 0 Å². The molecule has 1 aromatic carbocycles. The maximum atomic E-state index is 12.3. The van der Waals surface area contributed by atoms with E-state index >= 15 is 0 Å². The molecule has 1 heterocycles. The van der Waals surface area contributed by atoms with E-state index in [9.17, 15) is 18.0 Å². The molecule has 8 heteroatoms. The van der Waals surface area contributed by atoms with Crippen molar-refractivity contribution in [2.45, 2.75) is 26.2 Å². The molecule has 1 fully saturated rings. The van der Waals surface area contributed by atoms with E-state index in [2.05, 4.69) is 10.0 Å². The quantitative estimate of drug-likeness (QED) is 0.697. The SMILES string of the molecule is CCNC(=O)C1CCCN(C(=O)CCNS(=O)(=O)/C=C/c2ccccc2)C1. The standard InChI is InChI=1S/C19H27N3O4S/c1-2-20-19(24)17-9-6-13-22(15-17)18(23)10-12-21-27(25,26)14-11-16-7-4-3-5-8-16/h3-5,7-8,11,14,17,21H,2,6,9-10,12-13,15H2,1H3,(H,20,24)/b14-11+. The van der Waals surface area contributed by atoms with Crippen molar-refractivity contribution in [3.63, 3.8) is 0 Å². The van der Waals surface area contributed by atoms with Crippen LogP contribution >= 0.6 is 0 Å². The molecule has 7 nitrogen and oxygen atoms in total. The summed E-state index contributed by atoms with van der Waals surface area (Å²) in [6.07, 6.45) is 3.12. The summed E-state index contributed by atoms with van der Waals surface area (Å²) in [4.78, 5) is 25.9. The first kappa shape index (κ1) is 21.1. The fourth-order valence-corrected chi connectivity index (χ4v) is 3.79. The minimum atomic E-state index is -3.60. The second-order valence-electron chi connectivity index (χ2n) is 6.48. The van der Waals surface area contributed by atoms with Gasteiger partial charge in [-0.1, -0.05) is 30.3 Å². The first-order chi connectivity index (χ1) is 12.9. The second-order valence-corrected chi connectivity index (χ2v) is 8.13. The molecule has 2 rings (SSSR count). The fraction of sp³-hybridized carbons (Fsp3) is 0.474. The minimum Gasteiger partial charge on any atom is -0.356 e. The van der Waals surface area contributed by atoms with Gasteiger partial charge in [-0.25, -0.2) is 13.1 Å². The summed E-state index contributed by atoms with van der Waals surface area (Å²) in [6.45, 7) is 3.47. The van der Waals surface area contributed by atoms with Crippen LogP contribution in [0.4, 0.5) is 0 Å². The number of nitrogens with one attached hydrogen (secondary N) is 2. The van der Waals surface area contributed by atoms with Crippen molar-refractivity contribution >= 4 is 27.9 Å². The van der Waals surface area contributed by atoms with Crippen LogP contribution in [-0.4, -0.2) is 51.3 Å². The Hall–Kier alpha value is -2.19. The monoisotopic (exact) mass is 393 g/mol. The number of likely N-dealkylation sites (tertiary alicyclic amines) is 1. The van der Waals surface area contributed by atoms with Gasteiger partial charge in [0, 0.05) is 38.0 Å². The minimum absolute atomic E-state index is 0.0262. The molecular weight excluding hydrogens is 366 g/mol. The normalized spacial score (nSPS) is 17.8. The van der Waals surface area contributed by atoms with Crippen molar-refractivity contribution in [2.24, 2.45) is 5.92 Å². The van der Waals surface area contributed by atoms with E-state index in [0.29, 0.717) is 19.6 Å². The molecule has 2 amide bonds. The van der Waals surface area contributed by atoms with Crippen molar-refractivity contribution in [2.75, 3.05) is 26.2 Å².